The van der Waals surface area contributed by atoms with Crippen molar-refractivity contribution in [2.45, 2.75) is 31.5 Å². The van der Waals surface area contributed by atoms with E-state index in [4.69, 9.17) is 4.84 Å². The van der Waals surface area contributed by atoms with E-state index < -0.39 is 6.09 Å². The van der Waals surface area contributed by atoms with Crippen molar-refractivity contribution in [2.75, 3.05) is 25.5 Å². The van der Waals surface area contributed by atoms with E-state index in [0.29, 0.717) is 0 Å². The summed E-state index contributed by atoms with van der Waals surface area (Å²) in [5, 5.41) is 14.7. The normalized spacial score (nSPS) is 28.1. The molecular weight excluding hydrogens is 270 g/mol. The fourth-order valence-electron chi connectivity index (χ4n) is 3.38. The molecule has 1 N–H and O–H groups in total. The molecule has 0 unspecified atom stereocenters. The summed E-state index contributed by atoms with van der Waals surface area (Å²) in [5.74, 6) is 0. The lowest BCUT2D eigenvalue weighted by molar-refractivity contribution is -0.251. The predicted octanol–water partition coefficient (Wildman–Crippen LogP) is 0.420. The maximum absolute atomic E-state index is 10.5. The average molecular weight is 290 g/mol. The predicted molar refractivity (Wildman–Crippen MR) is 76.6 cm³/mol. The Kier molecular flexibility index (Phi) is 3.30. The van der Waals surface area contributed by atoms with Gasteiger partial charge in [0.2, 0.25) is 0 Å². The number of nitrogens with zero attached hydrogens (tertiary/aromatic N) is 2. The third-order valence-corrected chi connectivity index (χ3v) is 4.62. The molecule has 1 saturated heterocycles. The summed E-state index contributed by atoms with van der Waals surface area (Å²) < 4.78 is 0. The monoisotopic (exact) mass is 290 g/mol. The number of carboxylic acid groups (broad SMARTS) is 1. The summed E-state index contributed by atoms with van der Waals surface area (Å²) in [6, 6.07) is 6.06. The highest BCUT2D eigenvalue weighted by Crippen LogP contribution is 2.49. The van der Waals surface area contributed by atoms with Gasteiger partial charge in [0.15, 0.2) is 6.23 Å². The van der Waals surface area contributed by atoms with E-state index in [-0.39, 0.29) is 18.2 Å². The summed E-state index contributed by atoms with van der Waals surface area (Å²) in [7, 11) is 3.98. The molecule has 3 rings (SSSR count). The Morgan fingerprint density at radius 2 is 2.29 bits per heavy atom. The van der Waals surface area contributed by atoms with Crippen LogP contribution in [0.4, 0.5) is 10.5 Å². The van der Waals surface area contributed by atoms with Gasteiger partial charge in [-0.05, 0) is 23.6 Å². The third kappa shape index (κ3) is 2.24. The highest BCUT2D eigenvalue weighted by Gasteiger charge is 2.50. The Hall–Kier alpha value is -1.79. The summed E-state index contributed by atoms with van der Waals surface area (Å²) in [6.45, 7) is 3.35. The Morgan fingerprint density at radius 3 is 3.00 bits per heavy atom. The molecule has 1 aromatic rings. The van der Waals surface area contributed by atoms with Crippen LogP contribution >= 0.6 is 0 Å². The second kappa shape index (κ2) is 4.89. The Morgan fingerprint density at radius 1 is 1.52 bits per heavy atom. The lowest BCUT2D eigenvalue weighted by Crippen LogP contribution is -2.52. The van der Waals surface area contributed by atoms with E-state index >= 15 is 0 Å². The molecule has 1 amide bonds. The maximum atomic E-state index is 10.5. The molecule has 21 heavy (non-hydrogen) atoms. The minimum Gasteiger partial charge on any atom is -0.530 e. The number of rotatable bonds is 2. The standard InChI is InChI=1S/C15H21N3O3/c1-15-6-7-17(2)21-13(15)18(3)12-5-4-10(8-11(12)15)9-16-14(19)20/h4-5,8,13,16H,6-7,9H2,1-3H3,(H,19,20)/p-1/t13-,15-/m0/s1. The zero-order chi connectivity index (χ0) is 15.2. The SMILES string of the molecule is CN1CC[C@@]2(C)c3cc(CNC(=O)[O-])ccc3N(C)[C@H]2O1. The van der Waals surface area contributed by atoms with Gasteiger partial charge >= 0.3 is 0 Å². The van der Waals surface area contributed by atoms with Gasteiger partial charge in [0.25, 0.3) is 0 Å². The van der Waals surface area contributed by atoms with Crippen LogP contribution in [0.5, 0.6) is 0 Å². The smallest absolute Gasteiger partial charge is 0.160 e. The van der Waals surface area contributed by atoms with Crippen molar-refractivity contribution in [2.24, 2.45) is 0 Å². The van der Waals surface area contributed by atoms with Crippen LogP contribution in [-0.2, 0) is 16.8 Å². The molecule has 0 aromatic heterocycles. The summed E-state index contributed by atoms with van der Waals surface area (Å²) in [5.41, 5.74) is 3.23. The van der Waals surface area contributed by atoms with E-state index in [1.807, 2.05) is 31.3 Å². The molecule has 0 spiro atoms. The van der Waals surface area contributed by atoms with E-state index in [1.54, 1.807) is 0 Å². The number of amides is 1. The van der Waals surface area contributed by atoms with Crippen molar-refractivity contribution in [3.8, 4) is 0 Å². The lowest BCUT2D eigenvalue weighted by atomic mass is 9.78. The number of likely N-dealkylation sites (N-methyl/N-ethyl adjacent to an activating group) is 1. The molecule has 6 nitrogen and oxygen atoms in total. The first kappa shape index (κ1) is 14.2. The number of carbonyl (C=O) groups is 1. The molecule has 2 aliphatic rings. The summed E-state index contributed by atoms with van der Waals surface area (Å²) in [6.07, 6.45) is -0.266. The molecule has 0 aliphatic carbocycles. The molecule has 1 fully saturated rings. The third-order valence-electron chi connectivity index (χ3n) is 4.62. The van der Waals surface area contributed by atoms with Gasteiger partial charge < -0.3 is 20.1 Å². The highest BCUT2D eigenvalue weighted by molar-refractivity contribution is 5.65. The molecule has 0 bridgehead atoms. The molecule has 6 heteroatoms. The average Bonchev–Trinajstić information content (AvgIpc) is 2.67. The van der Waals surface area contributed by atoms with Crippen LogP contribution in [0.25, 0.3) is 0 Å². The Balaban J connectivity index is 1.94. The topological polar surface area (TPSA) is 67.9 Å². The van der Waals surface area contributed by atoms with E-state index in [2.05, 4.69) is 23.2 Å². The molecule has 2 atom stereocenters. The molecule has 1 aromatic carbocycles. The lowest BCUT2D eigenvalue weighted by Gasteiger charge is -2.42. The molecular formula is C15H20N3O3-. The number of anilines is 1. The van der Waals surface area contributed by atoms with E-state index in [1.165, 1.54) is 5.56 Å². The van der Waals surface area contributed by atoms with E-state index in [9.17, 15) is 9.90 Å². The van der Waals surface area contributed by atoms with E-state index in [0.717, 1.165) is 24.2 Å². The number of hydroxylamine groups is 2. The fraction of sp³-hybridized carbons (Fsp3) is 0.533. The van der Waals surface area contributed by atoms with Gasteiger partial charge in [0, 0.05) is 38.3 Å². The van der Waals surface area contributed by atoms with Crippen molar-refractivity contribution in [1.82, 2.24) is 10.4 Å². The van der Waals surface area contributed by atoms with Crippen molar-refractivity contribution in [3.05, 3.63) is 29.3 Å². The quantitative estimate of drug-likeness (QED) is 0.855. The van der Waals surface area contributed by atoms with Crippen LogP contribution in [0.3, 0.4) is 0 Å². The van der Waals surface area contributed by atoms with Crippen LogP contribution in [-0.4, -0.2) is 38.0 Å². The van der Waals surface area contributed by atoms with Crippen molar-refractivity contribution in [3.63, 3.8) is 0 Å². The Bertz CT molecular complexity index is 577. The zero-order valence-electron chi connectivity index (χ0n) is 12.5. The van der Waals surface area contributed by atoms with Gasteiger partial charge in [0.05, 0.1) is 0 Å². The highest BCUT2D eigenvalue weighted by atomic mass is 16.7. The Labute approximate surface area is 124 Å². The van der Waals surface area contributed by atoms with Crippen LogP contribution < -0.4 is 15.3 Å². The molecule has 0 radical (unpaired) electrons. The zero-order valence-corrected chi connectivity index (χ0v) is 12.5. The molecule has 2 heterocycles. The maximum Gasteiger partial charge on any atom is 0.160 e. The van der Waals surface area contributed by atoms with Crippen molar-refractivity contribution >= 4 is 11.8 Å². The van der Waals surface area contributed by atoms with Crippen LogP contribution in [0.1, 0.15) is 24.5 Å². The number of carbonyl (C=O) groups excluding carboxylic acids is 1. The van der Waals surface area contributed by atoms with Gasteiger partial charge in [-0.25, -0.2) is 0 Å². The molecule has 2 aliphatic heterocycles. The summed E-state index contributed by atoms with van der Waals surface area (Å²) in [4.78, 5) is 18.7. The largest absolute Gasteiger partial charge is 0.530 e. The van der Waals surface area contributed by atoms with Gasteiger partial charge in [-0.3, -0.25) is 4.84 Å². The first-order chi connectivity index (χ1) is 9.91. The van der Waals surface area contributed by atoms with Gasteiger partial charge in [0.1, 0.15) is 6.09 Å². The van der Waals surface area contributed by atoms with Crippen LogP contribution in [0.2, 0.25) is 0 Å². The molecule has 114 valence electrons. The number of hydrogen-bond acceptors (Lipinski definition) is 5. The number of benzene rings is 1. The fourth-order valence-corrected chi connectivity index (χ4v) is 3.38. The van der Waals surface area contributed by atoms with Crippen LogP contribution in [0, 0.1) is 0 Å². The number of nitrogens with one attached hydrogen (secondary N) is 1. The minimum atomic E-state index is -1.25. The second-order valence-corrected chi connectivity index (χ2v) is 6.08. The molecule has 0 saturated carbocycles. The first-order valence-corrected chi connectivity index (χ1v) is 7.11. The van der Waals surface area contributed by atoms with Gasteiger partial charge in [-0.1, -0.05) is 19.1 Å². The number of fused-ring (bicyclic) bond motifs is 3. The van der Waals surface area contributed by atoms with Crippen molar-refractivity contribution in [1.29, 1.82) is 0 Å². The first-order valence-electron chi connectivity index (χ1n) is 7.11. The van der Waals surface area contributed by atoms with Crippen molar-refractivity contribution < 1.29 is 14.7 Å². The van der Waals surface area contributed by atoms with Gasteiger partial charge in [-0.15, -0.1) is 0 Å². The van der Waals surface area contributed by atoms with Crippen LogP contribution in [0.15, 0.2) is 18.2 Å². The summed E-state index contributed by atoms with van der Waals surface area (Å²) >= 11 is 0. The number of hydrogen-bond donors (Lipinski definition) is 1. The minimum absolute atomic E-state index is 0.0180. The van der Waals surface area contributed by atoms with Gasteiger partial charge in [-0.2, -0.15) is 5.06 Å². The second-order valence-electron chi connectivity index (χ2n) is 6.08.